The Hall–Kier alpha value is -2.11. The van der Waals surface area contributed by atoms with Gasteiger partial charge in [-0.15, -0.1) is 0 Å². The SMILES string of the molecule is COC(=O)CN(C)C(=O)c1c[nH]c(C)cc1=O. The number of methoxy groups -OCH3 is 1. The third-order valence-corrected chi connectivity index (χ3v) is 2.23. The zero-order valence-electron chi connectivity index (χ0n) is 9.94. The first-order valence-electron chi connectivity index (χ1n) is 4.97. The second kappa shape index (κ2) is 5.29. The van der Waals surface area contributed by atoms with Crippen LogP contribution in [0.2, 0.25) is 0 Å². The molecule has 1 heterocycles. The summed E-state index contributed by atoms with van der Waals surface area (Å²) in [5.41, 5.74) is 0.298. The number of hydrogen-bond acceptors (Lipinski definition) is 4. The van der Waals surface area contributed by atoms with Crippen molar-refractivity contribution < 1.29 is 14.3 Å². The van der Waals surface area contributed by atoms with E-state index in [1.807, 2.05) is 0 Å². The fourth-order valence-corrected chi connectivity index (χ4v) is 1.28. The summed E-state index contributed by atoms with van der Waals surface area (Å²) in [7, 11) is 2.66. The van der Waals surface area contributed by atoms with Gasteiger partial charge in [0.25, 0.3) is 5.91 Å². The number of hydrogen-bond donors (Lipinski definition) is 1. The van der Waals surface area contributed by atoms with Crippen LogP contribution in [0.5, 0.6) is 0 Å². The first-order valence-corrected chi connectivity index (χ1v) is 4.97. The molecule has 1 N–H and O–H groups in total. The molecule has 1 aromatic rings. The predicted octanol–water partition coefficient (Wildman–Crippen LogP) is -0.0717. The molecule has 1 amide bonds. The van der Waals surface area contributed by atoms with E-state index in [1.54, 1.807) is 6.92 Å². The highest BCUT2D eigenvalue weighted by Crippen LogP contribution is 1.98. The van der Waals surface area contributed by atoms with Gasteiger partial charge >= 0.3 is 5.97 Å². The van der Waals surface area contributed by atoms with Crippen molar-refractivity contribution in [3.8, 4) is 0 Å². The lowest BCUT2D eigenvalue weighted by atomic mass is 10.2. The second-order valence-electron chi connectivity index (χ2n) is 3.63. The maximum Gasteiger partial charge on any atom is 0.325 e. The number of ether oxygens (including phenoxy) is 1. The zero-order chi connectivity index (χ0) is 13.0. The Balaban J connectivity index is 2.89. The van der Waals surface area contributed by atoms with E-state index < -0.39 is 11.9 Å². The van der Waals surface area contributed by atoms with E-state index >= 15 is 0 Å². The van der Waals surface area contributed by atoms with Gasteiger partial charge in [-0.2, -0.15) is 0 Å². The number of likely N-dealkylation sites (N-methyl/N-ethyl adjacent to an activating group) is 1. The van der Waals surface area contributed by atoms with Gasteiger partial charge in [-0.05, 0) is 6.92 Å². The molecule has 0 aromatic carbocycles. The van der Waals surface area contributed by atoms with Gasteiger partial charge < -0.3 is 14.6 Å². The number of carbonyl (C=O) groups excluding carboxylic acids is 2. The Morgan fingerprint density at radius 2 is 2.12 bits per heavy atom. The lowest BCUT2D eigenvalue weighted by Crippen LogP contribution is -2.35. The number of rotatable bonds is 3. The van der Waals surface area contributed by atoms with Crippen LogP contribution in [-0.2, 0) is 9.53 Å². The molecule has 1 rings (SSSR count). The average Bonchev–Trinajstić information content (AvgIpc) is 2.28. The van der Waals surface area contributed by atoms with Gasteiger partial charge in [-0.3, -0.25) is 14.4 Å². The first-order chi connectivity index (χ1) is 7.95. The molecule has 0 spiro atoms. The Labute approximate surface area is 98.2 Å². The van der Waals surface area contributed by atoms with E-state index in [0.29, 0.717) is 5.69 Å². The molecule has 0 fully saturated rings. The quantitative estimate of drug-likeness (QED) is 0.747. The number of pyridine rings is 1. The minimum atomic E-state index is -0.538. The summed E-state index contributed by atoms with van der Waals surface area (Å²) >= 11 is 0. The number of aromatic nitrogens is 1. The summed E-state index contributed by atoms with van der Waals surface area (Å²) in [5, 5.41) is 0. The predicted molar refractivity (Wildman–Crippen MR) is 60.8 cm³/mol. The Morgan fingerprint density at radius 1 is 1.47 bits per heavy atom. The van der Waals surface area contributed by atoms with E-state index in [0.717, 1.165) is 4.90 Å². The molecule has 17 heavy (non-hydrogen) atoms. The summed E-state index contributed by atoms with van der Waals surface area (Å²) < 4.78 is 4.44. The van der Waals surface area contributed by atoms with Crippen molar-refractivity contribution >= 4 is 11.9 Å². The van der Waals surface area contributed by atoms with Crippen molar-refractivity contribution in [2.45, 2.75) is 6.92 Å². The molecule has 1 aromatic heterocycles. The first kappa shape index (κ1) is 13.0. The number of H-pyrrole nitrogens is 1. The van der Waals surface area contributed by atoms with Crippen LogP contribution >= 0.6 is 0 Å². The molecular weight excluding hydrogens is 224 g/mol. The van der Waals surface area contributed by atoms with E-state index in [2.05, 4.69) is 9.72 Å². The molecule has 0 bridgehead atoms. The number of aromatic amines is 1. The molecule has 0 unspecified atom stereocenters. The summed E-state index contributed by atoms with van der Waals surface area (Å²) in [5.74, 6) is -1.05. The Morgan fingerprint density at radius 3 is 2.65 bits per heavy atom. The van der Waals surface area contributed by atoms with Crippen molar-refractivity contribution in [1.29, 1.82) is 0 Å². The van der Waals surface area contributed by atoms with Gasteiger partial charge in [0.1, 0.15) is 12.1 Å². The highest BCUT2D eigenvalue weighted by molar-refractivity contribution is 5.95. The summed E-state index contributed by atoms with van der Waals surface area (Å²) in [4.78, 5) is 38.3. The molecule has 6 nitrogen and oxygen atoms in total. The van der Waals surface area contributed by atoms with E-state index in [4.69, 9.17) is 0 Å². The summed E-state index contributed by atoms with van der Waals surface area (Å²) in [6.45, 7) is 1.52. The molecule has 0 radical (unpaired) electrons. The fourth-order valence-electron chi connectivity index (χ4n) is 1.28. The monoisotopic (exact) mass is 238 g/mol. The lowest BCUT2D eigenvalue weighted by Gasteiger charge is -2.15. The van der Waals surface area contributed by atoms with E-state index in [1.165, 1.54) is 26.4 Å². The summed E-state index contributed by atoms with van der Waals surface area (Å²) in [6, 6.07) is 1.33. The lowest BCUT2D eigenvalue weighted by molar-refractivity contribution is -0.141. The number of amides is 1. The van der Waals surface area contributed by atoms with Gasteiger partial charge in [0.05, 0.1) is 7.11 Å². The van der Waals surface area contributed by atoms with Crippen LogP contribution in [0.4, 0.5) is 0 Å². The van der Waals surface area contributed by atoms with Crippen molar-refractivity contribution in [2.75, 3.05) is 20.7 Å². The van der Waals surface area contributed by atoms with Gasteiger partial charge in [0, 0.05) is 25.0 Å². The zero-order valence-corrected chi connectivity index (χ0v) is 9.94. The van der Waals surface area contributed by atoms with Gasteiger partial charge in [0.15, 0.2) is 5.43 Å². The van der Waals surface area contributed by atoms with Gasteiger partial charge in [-0.1, -0.05) is 0 Å². The van der Waals surface area contributed by atoms with Crippen molar-refractivity contribution in [3.05, 3.63) is 33.7 Å². The van der Waals surface area contributed by atoms with Crippen molar-refractivity contribution in [3.63, 3.8) is 0 Å². The highest BCUT2D eigenvalue weighted by atomic mass is 16.5. The smallest absolute Gasteiger partial charge is 0.325 e. The van der Waals surface area contributed by atoms with Crippen LogP contribution < -0.4 is 5.43 Å². The molecule has 0 aliphatic heterocycles. The third kappa shape index (κ3) is 3.17. The van der Waals surface area contributed by atoms with Gasteiger partial charge in [-0.25, -0.2) is 0 Å². The third-order valence-electron chi connectivity index (χ3n) is 2.23. The molecule has 0 saturated heterocycles. The maximum absolute atomic E-state index is 11.8. The topological polar surface area (TPSA) is 79.5 Å². The molecule has 0 saturated carbocycles. The minimum Gasteiger partial charge on any atom is -0.468 e. The Kier molecular flexibility index (Phi) is 4.03. The number of nitrogens with one attached hydrogen (secondary N) is 1. The van der Waals surface area contributed by atoms with Crippen LogP contribution in [0.1, 0.15) is 16.1 Å². The molecule has 92 valence electrons. The number of carbonyl (C=O) groups is 2. The van der Waals surface area contributed by atoms with Crippen LogP contribution in [0.15, 0.2) is 17.1 Å². The molecule has 6 heteroatoms. The molecule has 0 atom stereocenters. The number of aryl methyl sites for hydroxylation is 1. The minimum absolute atomic E-state index is 0.00185. The largest absolute Gasteiger partial charge is 0.468 e. The van der Waals surface area contributed by atoms with Crippen molar-refractivity contribution in [2.24, 2.45) is 0 Å². The highest BCUT2D eigenvalue weighted by Gasteiger charge is 2.17. The van der Waals surface area contributed by atoms with Crippen molar-refractivity contribution in [1.82, 2.24) is 9.88 Å². The van der Waals surface area contributed by atoms with Gasteiger partial charge in [0.2, 0.25) is 0 Å². The summed E-state index contributed by atoms with van der Waals surface area (Å²) in [6.07, 6.45) is 1.34. The van der Waals surface area contributed by atoms with E-state index in [9.17, 15) is 14.4 Å². The molecule has 0 aliphatic rings. The number of nitrogens with zero attached hydrogens (tertiary/aromatic N) is 1. The standard InChI is InChI=1S/C11H14N2O4/c1-7-4-9(14)8(5-12-7)11(16)13(2)6-10(15)17-3/h4-5H,6H2,1-3H3,(H,12,14). The van der Waals surface area contributed by atoms with Crippen LogP contribution in [0.25, 0.3) is 0 Å². The van der Waals surface area contributed by atoms with Crippen LogP contribution in [0, 0.1) is 6.92 Å². The molecular formula is C11H14N2O4. The number of esters is 1. The maximum atomic E-state index is 11.8. The molecule has 0 aliphatic carbocycles. The normalized spacial score (nSPS) is 9.82. The Bertz CT molecular complexity index is 492. The fraction of sp³-hybridized carbons (Fsp3) is 0.364. The average molecular weight is 238 g/mol. The van der Waals surface area contributed by atoms with E-state index in [-0.39, 0.29) is 17.5 Å². The van der Waals surface area contributed by atoms with Crippen LogP contribution in [0.3, 0.4) is 0 Å². The second-order valence-corrected chi connectivity index (χ2v) is 3.63. The van der Waals surface area contributed by atoms with Crippen LogP contribution in [-0.4, -0.2) is 42.5 Å².